The highest BCUT2D eigenvalue weighted by Crippen LogP contribution is 2.26. The molecule has 0 aliphatic heterocycles. The molecular weight excluding hydrogens is 356 g/mol. The Labute approximate surface area is 133 Å². The summed E-state index contributed by atoms with van der Waals surface area (Å²) >= 11 is 3.22. The van der Waals surface area contributed by atoms with Gasteiger partial charge in [-0.25, -0.2) is 13.8 Å². The van der Waals surface area contributed by atoms with Gasteiger partial charge in [0.25, 0.3) is 0 Å². The Bertz CT molecular complexity index is 787. The van der Waals surface area contributed by atoms with Crippen LogP contribution in [0.25, 0.3) is 11.5 Å². The fourth-order valence-corrected chi connectivity index (χ4v) is 2.31. The zero-order valence-corrected chi connectivity index (χ0v) is 12.8. The van der Waals surface area contributed by atoms with E-state index in [9.17, 15) is 8.78 Å². The average molecular weight is 366 g/mol. The summed E-state index contributed by atoms with van der Waals surface area (Å²) in [5.74, 6) is 0.226. The van der Waals surface area contributed by atoms with Crippen LogP contribution >= 0.6 is 15.9 Å². The van der Waals surface area contributed by atoms with Gasteiger partial charge >= 0.3 is 0 Å². The second-order valence-electron chi connectivity index (χ2n) is 4.51. The van der Waals surface area contributed by atoms with Gasteiger partial charge in [-0.2, -0.15) is 0 Å². The molecule has 22 heavy (non-hydrogen) atoms. The normalized spacial score (nSPS) is 10.7. The highest BCUT2D eigenvalue weighted by molar-refractivity contribution is 9.10. The van der Waals surface area contributed by atoms with E-state index in [1.165, 1.54) is 36.6 Å². The topological polar surface area (TPSA) is 35.3 Å². The van der Waals surface area contributed by atoms with Crippen LogP contribution in [0, 0.1) is 11.6 Å². The molecule has 3 nitrogen and oxygen atoms in total. The Morgan fingerprint density at radius 2 is 1.77 bits per heavy atom. The summed E-state index contributed by atoms with van der Waals surface area (Å²) in [6.07, 6.45) is 1.47. The van der Waals surface area contributed by atoms with E-state index in [-0.39, 0.29) is 18.2 Å². The summed E-state index contributed by atoms with van der Waals surface area (Å²) in [5, 5.41) is 0. The molecule has 1 heterocycles. The summed E-state index contributed by atoms with van der Waals surface area (Å²) < 4.78 is 37.3. The Morgan fingerprint density at radius 3 is 2.50 bits per heavy atom. The minimum atomic E-state index is -0.348. The van der Waals surface area contributed by atoms with E-state index in [1.54, 1.807) is 12.1 Å². The van der Waals surface area contributed by atoms with Gasteiger partial charge < -0.3 is 9.15 Å². The Kier molecular flexibility index (Phi) is 4.20. The number of benzene rings is 2. The molecule has 0 aliphatic carbocycles. The van der Waals surface area contributed by atoms with Crippen molar-refractivity contribution in [1.82, 2.24) is 4.98 Å². The molecule has 0 fully saturated rings. The summed E-state index contributed by atoms with van der Waals surface area (Å²) in [6.45, 7) is 0.176. The molecule has 0 atom stereocenters. The van der Waals surface area contributed by atoms with Crippen molar-refractivity contribution in [2.24, 2.45) is 0 Å². The lowest BCUT2D eigenvalue weighted by molar-refractivity contribution is 0.298. The molecule has 6 heteroatoms. The van der Waals surface area contributed by atoms with Gasteiger partial charge in [0.15, 0.2) is 0 Å². The zero-order chi connectivity index (χ0) is 15.5. The van der Waals surface area contributed by atoms with Crippen LogP contribution in [0.1, 0.15) is 5.69 Å². The number of halogens is 3. The van der Waals surface area contributed by atoms with E-state index in [4.69, 9.17) is 9.15 Å². The molecule has 3 aromatic rings. The van der Waals surface area contributed by atoms with Gasteiger partial charge in [-0.1, -0.05) is 0 Å². The molecule has 0 saturated heterocycles. The lowest BCUT2D eigenvalue weighted by Gasteiger charge is -2.05. The van der Waals surface area contributed by atoms with E-state index in [2.05, 4.69) is 20.9 Å². The number of ether oxygens (including phenoxy) is 1. The van der Waals surface area contributed by atoms with Crippen LogP contribution in [-0.4, -0.2) is 4.98 Å². The average Bonchev–Trinajstić information content (AvgIpc) is 2.96. The summed E-state index contributed by atoms with van der Waals surface area (Å²) in [6, 6.07) is 10.0. The maximum absolute atomic E-state index is 13.0. The molecule has 0 aliphatic rings. The smallest absolute Gasteiger partial charge is 0.226 e. The van der Waals surface area contributed by atoms with E-state index in [0.29, 0.717) is 27.4 Å². The third kappa shape index (κ3) is 3.33. The third-order valence-corrected chi connectivity index (χ3v) is 3.53. The highest BCUT2D eigenvalue weighted by Gasteiger charge is 2.09. The molecular formula is C16H10BrF2NO2. The van der Waals surface area contributed by atoms with Gasteiger partial charge in [-0.15, -0.1) is 0 Å². The lowest BCUT2D eigenvalue weighted by Crippen LogP contribution is -1.96. The number of oxazole rings is 1. The molecule has 0 saturated carbocycles. The van der Waals surface area contributed by atoms with Crippen LogP contribution in [-0.2, 0) is 6.61 Å². The first kappa shape index (κ1) is 14.7. The maximum atomic E-state index is 13.0. The summed E-state index contributed by atoms with van der Waals surface area (Å²) in [7, 11) is 0. The van der Waals surface area contributed by atoms with Crippen LogP contribution in [0.5, 0.6) is 5.75 Å². The molecule has 0 N–H and O–H groups in total. The molecule has 112 valence electrons. The van der Waals surface area contributed by atoms with Gasteiger partial charge in [0.05, 0.1) is 4.47 Å². The number of hydrogen-bond acceptors (Lipinski definition) is 3. The van der Waals surface area contributed by atoms with Crippen molar-refractivity contribution in [3.05, 3.63) is 70.5 Å². The van der Waals surface area contributed by atoms with Gasteiger partial charge in [0.2, 0.25) is 5.89 Å². The molecule has 0 amide bonds. The van der Waals surface area contributed by atoms with Crippen molar-refractivity contribution in [1.29, 1.82) is 0 Å². The number of hydrogen-bond donors (Lipinski definition) is 0. The predicted octanol–water partition coefficient (Wildman–Crippen LogP) is 4.96. The number of rotatable bonds is 4. The first-order valence-electron chi connectivity index (χ1n) is 6.40. The van der Waals surface area contributed by atoms with Crippen LogP contribution in [0.2, 0.25) is 0 Å². The SMILES string of the molecule is Fc1ccc(-c2nc(COc3ccc(F)cc3Br)co2)cc1. The quantitative estimate of drug-likeness (QED) is 0.655. The molecule has 3 rings (SSSR count). The van der Waals surface area contributed by atoms with E-state index < -0.39 is 0 Å². The summed E-state index contributed by atoms with van der Waals surface area (Å²) in [5.41, 5.74) is 1.26. The molecule has 0 radical (unpaired) electrons. The van der Waals surface area contributed by atoms with Crippen molar-refractivity contribution < 1.29 is 17.9 Å². The van der Waals surface area contributed by atoms with Gasteiger partial charge in [-0.05, 0) is 58.4 Å². The molecule has 2 aromatic carbocycles. The minimum Gasteiger partial charge on any atom is -0.486 e. The standard InChI is InChI=1S/C16H10BrF2NO2/c17-14-7-12(19)5-6-15(14)21-8-13-9-22-16(20-13)10-1-3-11(18)4-2-10/h1-7,9H,8H2. The number of nitrogens with zero attached hydrogens (tertiary/aromatic N) is 1. The second-order valence-corrected chi connectivity index (χ2v) is 5.37. The van der Waals surface area contributed by atoms with Crippen molar-refractivity contribution in [2.75, 3.05) is 0 Å². The van der Waals surface area contributed by atoms with Crippen molar-refractivity contribution >= 4 is 15.9 Å². The summed E-state index contributed by atoms with van der Waals surface area (Å²) in [4.78, 5) is 4.27. The van der Waals surface area contributed by atoms with Crippen molar-refractivity contribution in [3.63, 3.8) is 0 Å². The zero-order valence-electron chi connectivity index (χ0n) is 11.2. The maximum Gasteiger partial charge on any atom is 0.226 e. The van der Waals surface area contributed by atoms with Crippen molar-refractivity contribution in [2.45, 2.75) is 6.61 Å². The first-order chi connectivity index (χ1) is 10.6. The van der Waals surface area contributed by atoms with Crippen LogP contribution in [0.15, 0.2) is 57.6 Å². The number of aromatic nitrogens is 1. The van der Waals surface area contributed by atoms with E-state index >= 15 is 0 Å². The molecule has 0 unspecified atom stereocenters. The Hall–Kier alpha value is -2.21. The van der Waals surface area contributed by atoms with Gasteiger partial charge in [-0.3, -0.25) is 0 Å². The monoisotopic (exact) mass is 365 g/mol. The van der Waals surface area contributed by atoms with Crippen LogP contribution in [0.4, 0.5) is 8.78 Å². The lowest BCUT2D eigenvalue weighted by atomic mass is 10.2. The van der Waals surface area contributed by atoms with Crippen LogP contribution < -0.4 is 4.74 Å². The molecule has 0 bridgehead atoms. The Balaban J connectivity index is 1.70. The second kappa shape index (κ2) is 6.27. The largest absolute Gasteiger partial charge is 0.486 e. The highest BCUT2D eigenvalue weighted by atomic mass is 79.9. The predicted molar refractivity (Wildman–Crippen MR) is 80.3 cm³/mol. The van der Waals surface area contributed by atoms with Gasteiger partial charge in [0, 0.05) is 5.56 Å². The first-order valence-corrected chi connectivity index (χ1v) is 7.19. The Morgan fingerprint density at radius 1 is 1.05 bits per heavy atom. The molecule has 1 aromatic heterocycles. The fourth-order valence-electron chi connectivity index (χ4n) is 1.84. The van der Waals surface area contributed by atoms with E-state index in [1.807, 2.05) is 0 Å². The van der Waals surface area contributed by atoms with Crippen molar-refractivity contribution in [3.8, 4) is 17.2 Å². The van der Waals surface area contributed by atoms with Crippen LogP contribution in [0.3, 0.4) is 0 Å². The minimum absolute atomic E-state index is 0.176. The molecule has 0 spiro atoms. The third-order valence-electron chi connectivity index (χ3n) is 2.91. The van der Waals surface area contributed by atoms with E-state index in [0.717, 1.165) is 0 Å². The van der Waals surface area contributed by atoms with Gasteiger partial charge in [0.1, 0.15) is 35.9 Å². The fraction of sp³-hybridized carbons (Fsp3) is 0.0625.